The maximum Gasteiger partial charge on any atom is 0.328 e. The second-order valence-electron chi connectivity index (χ2n) is 4.81. The number of carbonyl (C=O) groups excluding carboxylic acids is 3. The van der Waals surface area contributed by atoms with Crippen LogP contribution in [0.2, 0.25) is 0 Å². The van der Waals surface area contributed by atoms with E-state index in [1.165, 1.54) is 7.05 Å². The molecule has 3 amide bonds. The molecule has 1 rings (SSSR count). The van der Waals surface area contributed by atoms with Crippen LogP contribution in [-0.4, -0.2) is 48.4 Å². The van der Waals surface area contributed by atoms with E-state index in [4.69, 9.17) is 5.11 Å². The molecule has 128 valence electrons. The number of likely N-dealkylation sites (N-methyl/N-ethyl adjacent to an activating group) is 1. The molecule has 0 saturated carbocycles. The second-order valence-corrected chi connectivity index (χ2v) is 4.81. The van der Waals surface area contributed by atoms with Crippen LogP contribution in [-0.2, 0) is 25.6 Å². The molecule has 24 heavy (non-hydrogen) atoms. The molecular weight excluding hydrogens is 314 g/mol. The van der Waals surface area contributed by atoms with Gasteiger partial charge in [-0.15, -0.1) is 0 Å². The first-order valence-electron chi connectivity index (χ1n) is 7.16. The van der Waals surface area contributed by atoms with Crippen molar-refractivity contribution in [2.45, 2.75) is 12.5 Å². The molecule has 0 aliphatic rings. The molecule has 8 nitrogen and oxygen atoms in total. The van der Waals surface area contributed by atoms with Gasteiger partial charge in [-0.2, -0.15) is 0 Å². The summed E-state index contributed by atoms with van der Waals surface area (Å²) in [6.45, 7) is -0.370. The third kappa shape index (κ3) is 7.21. The molecule has 0 radical (unpaired) electrons. The summed E-state index contributed by atoms with van der Waals surface area (Å²) in [5.74, 6) is -2.90. The van der Waals surface area contributed by atoms with E-state index >= 15 is 0 Å². The molecule has 1 atom stereocenters. The fraction of sp³-hybridized carbons (Fsp3) is 0.250. The lowest BCUT2D eigenvalue weighted by Crippen LogP contribution is -2.49. The van der Waals surface area contributed by atoms with Gasteiger partial charge in [0, 0.05) is 25.6 Å². The molecule has 0 heterocycles. The monoisotopic (exact) mass is 333 g/mol. The van der Waals surface area contributed by atoms with Crippen LogP contribution in [0.4, 0.5) is 0 Å². The number of carboxylic acid groups (broad SMARTS) is 1. The van der Waals surface area contributed by atoms with Crippen molar-refractivity contribution in [2.24, 2.45) is 0 Å². The zero-order valence-electron chi connectivity index (χ0n) is 13.1. The summed E-state index contributed by atoms with van der Waals surface area (Å²) in [6, 6.07) is 8.38. The number of aliphatic carboxylic acids is 1. The molecule has 0 aliphatic heterocycles. The topological polar surface area (TPSA) is 125 Å². The third-order valence-electron chi connectivity index (χ3n) is 2.98. The zero-order valence-corrected chi connectivity index (χ0v) is 13.1. The average Bonchev–Trinajstić information content (AvgIpc) is 2.57. The van der Waals surface area contributed by atoms with Crippen molar-refractivity contribution in [3.8, 4) is 0 Å². The number of hydrogen-bond acceptors (Lipinski definition) is 4. The SMILES string of the molecule is CNC(=O)[C@H](Cc1ccccc1)NC(=O)CNC(=O)/C=C/C(=O)O. The number of amides is 3. The van der Waals surface area contributed by atoms with Gasteiger partial charge in [0.15, 0.2) is 0 Å². The minimum atomic E-state index is -1.27. The van der Waals surface area contributed by atoms with Gasteiger partial charge in [-0.25, -0.2) is 4.79 Å². The number of hydrogen-bond donors (Lipinski definition) is 4. The Balaban J connectivity index is 2.57. The number of benzene rings is 1. The van der Waals surface area contributed by atoms with Crippen LogP contribution in [0.3, 0.4) is 0 Å². The number of carboxylic acids is 1. The quantitative estimate of drug-likeness (QED) is 0.464. The Morgan fingerprint density at radius 3 is 2.38 bits per heavy atom. The van der Waals surface area contributed by atoms with Crippen LogP contribution in [0, 0.1) is 0 Å². The van der Waals surface area contributed by atoms with Crippen molar-refractivity contribution < 1.29 is 24.3 Å². The van der Waals surface area contributed by atoms with E-state index in [1.54, 1.807) is 0 Å². The van der Waals surface area contributed by atoms with Crippen LogP contribution in [0.25, 0.3) is 0 Å². The van der Waals surface area contributed by atoms with Gasteiger partial charge in [0.05, 0.1) is 6.54 Å². The first-order chi connectivity index (χ1) is 11.4. The van der Waals surface area contributed by atoms with Gasteiger partial charge in [-0.05, 0) is 5.56 Å². The second kappa shape index (κ2) is 9.78. The molecule has 0 saturated heterocycles. The summed E-state index contributed by atoms with van der Waals surface area (Å²) in [4.78, 5) is 45.3. The Labute approximate surface area is 138 Å². The van der Waals surface area contributed by atoms with Crippen molar-refractivity contribution in [3.63, 3.8) is 0 Å². The van der Waals surface area contributed by atoms with Crippen molar-refractivity contribution in [1.29, 1.82) is 0 Å². The van der Waals surface area contributed by atoms with Crippen molar-refractivity contribution in [1.82, 2.24) is 16.0 Å². The Bertz CT molecular complexity index is 628. The zero-order chi connectivity index (χ0) is 17.9. The lowest BCUT2D eigenvalue weighted by Gasteiger charge is -2.17. The van der Waals surface area contributed by atoms with E-state index in [1.807, 2.05) is 30.3 Å². The Hall–Kier alpha value is -3.16. The van der Waals surface area contributed by atoms with Crippen molar-refractivity contribution in [3.05, 3.63) is 48.0 Å². The van der Waals surface area contributed by atoms with E-state index in [0.29, 0.717) is 12.5 Å². The molecular formula is C16H19N3O5. The van der Waals surface area contributed by atoms with E-state index in [9.17, 15) is 19.2 Å². The molecule has 0 unspecified atom stereocenters. The number of carbonyl (C=O) groups is 4. The minimum Gasteiger partial charge on any atom is -0.478 e. The Kier molecular flexibility index (Phi) is 7.69. The predicted molar refractivity (Wildman–Crippen MR) is 85.9 cm³/mol. The highest BCUT2D eigenvalue weighted by atomic mass is 16.4. The van der Waals surface area contributed by atoms with Gasteiger partial charge in [-0.1, -0.05) is 30.3 Å². The summed E-state index contributed by atoms with van der Waals surface area (Å²) in [7, 11) is 1.46. The van der Waals surface area contributed by atoms with E-state index in [2.05, 4.69) is 16.0 Å². The average molecular weight is 333 g/mol. The molecule has 1 aromatic carbocycles. The lowest BCUT2D eigenvalue weighted by molar-refractivity contribution is -0.131. The van der Waals surface area contributed by atoms with Gasteiger partial charge in [-0.3, -0.25) is 14.4 Å². The van der Waals surface area contributed by atoms with E-state index in [0.717, 1.165) is 11.6 Å². The summed E-state index contributed by atoms with van der Waals surface area (Å²) < 4.78 is 0. The molecule has 0 spiro atoms. The highest BCUT2D eigenvalue weighted by Gasteiger charge is 2.20. The van der Waals surface area contributed by atoms with Crippen molar-refractivity contribution >= 4 is 23.7 Å². The van der Waals surface area contributed by atoms with Crippen LogP contribution in [0.15, 0.2) is 42.5 Å². The fourth-order valence-corrected chi connectivity index (χ4v) is 1.85. The van der Waals surface area contributed by atoms with E-state index in [-0.39, 0.29) is 12.5 Å². The normalized spacial score (nSPS) is 11.5. The molecule has 0 bridgehead atoms. The van der Waals surface area contributed by atoms with Crippen molar-refractivity contribution in [2.75, 3.05) is 13.6 Å². The minimum absolute atomic E-state index is 0.305. The molecule has 0 aromatic heterocycles. The molecule has 0 fully saturated rings. The largest absolute Gasteiger partial charge is 0.478 e. The number of rotatable bonds is 8. The third-order valence-corrected chi connectivity index (χ3v) is 2.98. The van der Waals surface area contributed by atoms with Crippen LogP contribution in [0.5, 0.6) is 0 Å². The predicted octanol–water partition coefficient (Wildman–Crippen LogP) is -0.783. The lowest BCUT2D eigenvalue weighted by atomic mass is 10.1. The van der Waals surface area contributed by atoms with Gasteiger partial charge < -0.3 is 21.1 Å². The molecule has 0 aliphatic carbocycles. The first-order valence-corrected chi connectivity index (χ1v) is 7.16. The molecule has 4 N–H and O–H groups in total. The molecule has 1 aromatic rings. The summed E-state index contributed by atoms with van der Waals surface area (Å²) >= 11 is 0. The standard InChI is InChI=1S/C16H19N3O5/c1-17-16(24)12(9-11-5-3-2-4-6-11)19-14(21)10-18-13(20)7-8-15(22)23/h2-8,12H,9-10H2,1H3,(H,17,24)(H,18,20)(H,19,21)(H,22,23)/b8-7+/t12-/m0/s1. The van der Waals surface area contributed by atoms with Crippen LogP contribution in [0.1, 0.15) is 5.56 Å². The smallest absolute Gasteiger partial charge is 0.328 e. The first kappa shape index (κ1) is 18.9. The van der Waals surface area contributed by atoms with Gasteiger partial charge >= 0.3 is 5.97 Å². The van der Waals surface area contributed by atoms with Crippen LogP contribution < -0.4 is 16.0 Å². The summed E-state index contributed by atoms with van der Waals surface area (Å²) in [5, 5.41) is 15.6. The van der Waals surface area contributed by atoms with Gasteiger partial charge in [0.1, 0.15) is 6.04 Å². The highest BCUT2D eigenvalue weighted by molar-refractivity contribution is 5.96. The Morgan fingerprint density at radius 1 is 1.12 bits per heavy atom. The fourth-order valence-electron chi connectivity index (χ4n) is 1.85. The summed E-state index contributed by atoms with van der Waals surface area (Å²) in [5.41, 5.74) is 0.875. The number of nitrogens with one attached hydrogen (secondary N) is 3. The molecule has 8 heteroatoms. The van der Waals surface area contributed by atoms with Gasteiger partial charge in [0.25, 0.3) is 0 Å². The van der Waals surface area contributed by atoms with E-state index < -0.39 is 23.8 Å². The summed E-state index contributed by atoms with van der Waals surface area (Å²) in [6.07, 6.45) is 1.77. The Morgan fingerprint density at radius 2 is 1.79 bits per heavy atom. The maximum absolute atomic E-state index is 11.9. The maximum atomic E-state index is 11.9. The highest BCUT2D eigenvalue weighted by Crippen LogP contribution is 2.03. The van der Waals surface area contributed by atoms with Crippen LogP contribution >= 0.6 is 0 Å². The van der Waals surface area contributed by atoms with Gasteiger partial charge in [0.2, 0.25) is 17.7 Å².